The van der Waals surface area contributed by atoms with Gasteiger partial charge in [0.05, 0.1) is 16.1 Å². The zero-order valence-electron chi connectivity index (χ0n) is 11.8. The first-order valence-corrected chi connectivity index (χ1v) is 7.74. The third kappa shape index (κ3) is 6.15. The SMILES string of the molecule is CN.CN.O=C(S)CC(C(=O)S)c1nc2ccccc2s1. The number of hydrogen-bond donors (Lipinski definition) is 4. The Morgan fingerprint density at radius 1 is 1.19 bits per heavy atom. The molecule has 1 aromatic heterocycles. The van der Waals surface area contributed by atoms with Crippen molar-refractivity contribution in [3.8, 4) is 0 Å². The molecule has 0 fully saturated rings. The Morgan fingerprint density at radius 3 is 2.24 bits per heavy atom. The molecule has 1 unspecified atom stereocenters. The van der Waals surface area contributed by atoms with Gasteiger partial charge in [-0.05, 0) is 26.2 Å². The van der Waals surface area contributed by atoms with Crippen LogP contribution in [-0.2, 0) is 9.59 Å². The molecule has 0 spiro atoms. The summed E-state index contributed by atoms with van der Waals surface area (Å²) in [5.41, 5.74) is 9.83. The third-order valence-corrected chi connectivity index (χ3v) is 3.93. The van der Waals surface area contributed by atoms with Crippen molar-refractivity contribution in [3.05, 3.63) is 29.3 Å². The first kappa shape index (κ1) is 20.1. The molecular weight excluding hydrogens is 326 g/mol. The van der Waals surface area contributed by atoms with Crippen LogP contribution < -0.4 is 11.5 Å². The molecule has 0 bridgehead atoms. The van der Waals surface area contributed by atoms with Crippen molar-refractivity contribution in [1.29, 1.82) is 0 Å². The number of benzene rings is 1. The van der Waals surface area contributed by atoms with E-state index in [1.54, 1.807) is 0 Å². The van der Waals surface area contributed by atoms with Crippen molar-refractivity contribution in [2.75, 3.05) is 14.1 Å². The van der Waals surface area contributed by atoms with Crippen molar-refractivity contribution >= 4 is 57.0 Å². The van der Waals surface area contributed by atoms with Gasteiger partial charge in [0.1, 0.15) is 5.01 Å². The lowest BCUT2D eigenvalue weighted by Gasteiger charge is -2.06. The molecule has 21 heavy (non-hydrogen) atoms. The van der Waals surface area contributed by atoms with Crippen LogP contribution in [0.5, 0.6) is 0 Å². The van der Waals surface area contributed by atoms with Gasteiger partial charge in [-0.25, -0.2) is 4.98 Å². The molecule has 1 atom stereocenters. The van der Waals surface area contributed by atoms with E-state index in [0.29, 0.717) is 5.01 Å². The maximum absolute atomic E-state index is 11.4. The third-order valence-electron chi connectivity index (χ3n) is 2.29. The van der Waals surface area contributed by atoms with Crippen LogP contribution in [0.4, 0.5) is 0 Å². The van der Waals surface area contributed by atoms with Crippen LogP contribution in [0.15, 0.2) is 24.3 Å². The number of hydrogen-bond acceptors (Lipinski definition) is 6. The number of rotatable bonds is 4. The Hall–Kier alpha value is -0.930. The fourth-order valence-corrected chi connectivity index (χ4v) is 3.04. The summed E-state index contributed by atoms with van der Waals surface area (Å²) < 4.78 is 0.994. The summed E-state index contributed by atoms with van der Waals surface area (Å²) in [6.45, 7) is 0. The molecule has 8 heteroatoms. The van der Waals surface area contributed by atoms with Gasteiger partial charge in [0.15, 0.2) is 10.2 Å². The smallest absolute Gasteiger partial charge is 0.196 e. The number of thiol groups is 2. The Kier molecular flexibility index (Phi) is 10.3. The normalized spacial score (nSPS) is 10.8. The molecule has 2 rings (SSSR count). The quantitative estimate of drug-likeness (QED) is 0.634. The highest BCUT2D eigenvalue weighted by Gasteiger charge is 2.23. The topological polar surface area (TPSA) is 99.1 Å². The summed E-state index contributed by atoms with van der Waals surface area (Å²) in [7, 11) is 3.00. The largest absolute Gasteiger partial charge is 0.333 e. The van der Waals surface area contributed by atoms with Crippen LogP contribution in [0, 0.1) is 0 Å². The summed E-state index contributed by atoms with van der Waals surface area (Å²) in [4.78, 5) is 26.8. The predicted octanol–water partition coefficient (Wildman–Crippen LogP) is 1.83. The zero-order chi connectivity index (χ0) is 16.4. The van der Waals surface area contributed by atoms with Crippen LogP contribution >= 0.6 is 36.6 Å². The van der Waals surface area contributed by atoms with Gasteiger partial charge in [0.2, 0.25) is 0 Å². The number of thiazole rings is 1. The summed E-state index contributed by atoms with van der Waals surface area (Å²) in [5, 5.41) is -0.0725. The highest BCUT2D eigenvalue weighted by atomic mass is 32.1. The fraction of sp³-hybridized carbons (Fsp3) is 0.308. The Labute approximate surface area is 138 Å². The van der Waals surface area contributed by atoms with Crippen molar-refractivity contribution in [1.82, 2.24) is 4.98 Å². The van der Waals surface area contributed by atoms with Crippen molar-refractivity contribution in [3.63, 3.8) is 0 Å². The van der Waals surface area contributed by atoms with Gasteiger partial charge >= 0.3 is 0 Å². The molecule has 5 nitrogen and oxygen atoms in total. The number of nitrogens with zero attached hydrogens (tertiary/aromatic N) is 1. The Morgan fingerprint density at radius 2 is 1.76 bits per heavy atom. The maximum Gasteiger partial charge on any atom is 0.196 e. The molecule has 0 saturated carbocycles. The maximum atomic E-state index is 11.4. The Balaban J connectivity index is 0.000000921. The number of carbonyl (C=O) groups is 2. The minimum atomic E-state index is -0.597. The number of fused-ring (bicyclic) bond motifs is 1. The lowest BCUT2D eigenvalue weighted by molar-refractivity contribution is -0.116. The fourth-order valence-electron chi connectivity index (χ4n) is 1.49. The molecule has 0 aliphatic rings. The average Bonchev–Trinajstić information content (AvgIpc) is 2.92. The molecular formula is C13H19N3O2S3. The first-order chi connectivity index (χ1) is 10.1. The highest BCUT2D eigenvalue weighted by Crippen LogP contribution is 2.31. The van der Waals surface area contributed by atoms with E-state index in [0.717, 1.165) is 10.2 Å². The predicted molar refractivity (Wildman–Crippen MR) is 95.2 cm³/mol. The molecule has 1 heterocycles. The molecule has 0 saturated heterocycles. The molecule has 0 aliphatic heterocycles. The van der Waals surface area contributed by atoms with E-state index in [1.165, 1.54) is 25.4 Å². The summed E-state index contributed by atoms with van der Waals surface area (Å²) >= 11 is 8.91. The van der Waals surface area contributed by atoms with E-state index in [-0.39, 0.29) is 16.7 Å². The van der Waals surface area contributed by atoms with E-state index < -0.39 is 5.92 Å². The van der Waals surface area contributed by atoms with Crippen molar-refractivity contribution < 1.29 is 9.59 Å². The van der Waals surface area contributed by atoms with Crippen LogP contribution in [0.25, 0.3) is 10.2 Å². The minimum absolute atomic E-state index is 0.0330. The lowest BCUT2D eigenvalue weighted by atomic mass is 10.1. The zero-order valence-corrected chi connectivity index (χ0v) is 14.4. The van der Waals surface area contributed by atoms with Crippen molar-refractivity contribution in [2.45, 2.75) is 12.3 Å². The van der Waals surface area contributed by atoms with Gasteiger partial charge in [0.25, 0.3) is 0 Å². The monoisotopic (exact) mass is 345 g/mol. The van der Waals surface area contributed by atoms with Gasteiger partial charge < -0.3 is 11.5 Å². The minimum Gasteiger partial charge on any atom is -0.333 e. The average molecular weight is 346 g/mol. The van der Waals surface area contributed by atoms with E-state index in [1.807, 2.05) is 24.3 Å². The molecule has 0 amide bonds. The second-order valence-electron chi connectivity index (χ2n) is 3.51. The van der Waals surface area contributed by atoms with E-state index in [9.17, 15) is 9.59 Å². The lowest BCUT2D eigenvalue weighted by Crippen LogP contribution is -2.09. The van der Waals surface area contributed by atoms with Gasteiger partial charge in [-0.15, -0.1) is 36.6 Å². The summed E-state index contributed by atoms with van der Waals surface area (Å²) in [5.74, 6) is -0.597. The van der Waals surface area contributed by atoms with E-state index >= 15 is 0 Å². The number of carbonyl (C=O) groups excluding carboxylic acids is 2. The highest BCUT2D eigenvalue weighted by molar-refractivity contribution is 7.97. The second-order valence-corrected chi connectivity index (χ2v) is 5.51. The number of para-hydroxylation sites is 1. The first-order valence-electron chi connectivity index (χ1n) is 6.03. The van der Waals surface area contributed by atoms with Gasteiger partial charge in [-0.2, -0.15) is 0 Å². The summed E-state index contributed by atoms with van der Waals surface area (Å²) in [6, 6.07) is 7.59. The summed E-state index contributed by atoms with van der Waals surface area (Å²) in [6.07, 6.45) is 0.0330. The molecule has 4 N–H and O–H groups in total. The standard InChI is InChI=1S/C11H9NO2S3.2CH5N/c13-9(15)5-6(11(14)16)10-12-7-3-1-2-4-8(7)17-10;2*1-2/h1-4,6H,5H2,(H,13,15)(H,14,16);2*2H2,1H3. The van der Waals surface area contributed by atoms with Crippen molar-refractivity contribution in [2.24, 2.45) is 11.5 Å². The van der Waals surface area contributed by atoms with E-state index in [2.05, 4.69) is 41.7 Å². The van der Waals surface area contributed by atoms with E-state index in [4.69, 9.17) is 0 Å². The number of aromatic nitrogens is 1. The van der Waals surface area contributed by atoms with Crippen LogP contribution in [0.1, 0.15) is 17.3 Å². The van der Waals surface area contributed by atoms with Gasteiger partial charge in [0, 0.05) is 6.42 Å². The number of nitrogens with two attached hydrogens (primary N) is 2. The molecule has 0 aliphatic carbocycles. The molecule has 1 aromatic carbocycles. The van der Waals surface area contributed by atoms with Crippen LogP contribution in [0.3, 0.4) is 0 Å². The van der Waals surface area contributed by atoms with Crippen LogP contribution in [0.2, 0.25) is 0 Å². The van der Waals surface area contributed by atoms with Gasteiger partial charge in [-0.3, -0.25) is 9.59 Å². The van der Waals surface area contributed by atoms with Crippen LogP contribution in [-0.4, -0.2) is 29.3 Å². The Bertz CT molecular complexity index is 554. The van der Waals surface area contributed by atoms with Gasteiger partial charge in [-0.1, -0.05) is 12.1 Å². The molecule has 0 radical (unpaired) electrons. The second kappa shape index (κ2) is 10.7. The molecule has 2 aromatic rings. The molecule has 116 valence electrons.